The number of imidazole rings is 1. The third-order valence-corrected chi connectivity index (χ3v) is 6.28. The second-order valence-corrected chi connectivity index (χ2v) is 8.74. The van der Waals surface area contributed by atoms with Crippen LogP contribution in [-0.2, 0) is 22.4 Å². The molecule has 0 aliphatic carbocycles. The van der Waals surface area contributed by atoms with E-state index in [0.29, 0.717) is 13.2 Å². The summed E-state index contributed by atoms with van der Waals surface area (Å²) in [7, 11) is 0. The van der Waals surface area contributed by atoms with Crippen LogP contribution in [0.2, 0.25) is 5.02 Å². The summed E-state index contributed by atoms with van der Waals surface area (Å²) in [5.41, 5.74) is 7.87. The van der Waals surface area contributed by atoms with Crippen LogP contribution in [0.3, 0.4) is 0 Å². The van der Waals surface area contributed by atoms with Crippen molar-refractivity contribution in [3.63, 3.8) is 0 Å². The molecule has 8 heteroatoms. The molecule has 0 saturated carbocycles. The lowest BCUT2D eigenvalue weighted by Crippen LogP contribution is -2.37. The first kappa shape index (κ1) is 23.0. The molecule has 1 fully saturated rings. The van der Waals surface area contributed by atoms with Gasteiger partial charge in [0.1, 0.15) is 0 Å². The highest BCUT2D eigenvalue weighted by Gasteiger charge is 2.41. The summed E-state index contributed by atoms with van der Waals surface area (Å²) in [4.78, 5) is 5.29. The number of nitrogens with two attached hydrogens (primary N) is 1. The number of rotatable bonds is 8. The van der Waals surface area contributed by atoms with Gasteiger partial charge in [0.25, 0.3) is 0 Å². The highest BCUT2D eigenvalue weighted by Crippen LogP contribution is 2.33. The van der Waals surface area contributed by atoms with E-state index >= 15 is 0 Å². The van der Waals surface area contributed by atoms with Crippen LogP contribution in [0, 0.1) is 0 Å². The van der Waals surface area contributed by atoms with E-state index < -0.39 is 5.79 Å². The first-order chi connectivity index (χ1) is 14.1. The molecule has 1 aromatic heterocycles. The van der Waals surface area contributed by atoms with Crippen LogP contribution in [0.5, 0.6) is 0 Å². The molecule has 1 aliphatic rings. The Morgan fingerprint density at radius 3 is 2.80 bits per heavy atom. The average Bonchev–Trinajstić information content (AvgIpc) is 3.37. The molecule has 2 heterocycles. The number of hydrogen-bond donors (Lipinski definition) is 1. The van der Waals surface area contributed by atoms with Gasteiger partial charge in [-0.3, -0.25) is 0 Å². The van der Waals surface area contributed by atoms with Crippen molar-refractivity contribution in [2.75, 3.05) is 18.1 Å². The Morgan fingerprint density at radius 1 is 1.23 bits per heavy atom. The normalized spacial score (nSPS) is 20.8. The van der Waals surface area contributed by atoms with Crippen LogP contribution in [-0.4, -0.2) is 33.8 Å². The zero-order valence-corrected chi connectivity index (χ0v) is 18.8. The summed E-state index contributed by atoms with van der Waals surface area (Å²) in [6.07, 6.45) is 7.13. The Morgan fingerprint density at radius 2 is 2.07 bits per heavy atom. The van der Waals surface area contributed by atoms with Crippen molar-refractivity contribution in [2.45, 2.75) is 36.2 Å². The summed E-state index contributed by atoms with van der Waals surface area (Å²) in [5.74, 6) is 0.150. The standard InChI is InChI=1S/C22H24ClN3O2S.ClH/c23-18-6-4-17(5-7-18)8-9-22(15-26-11-10-25-16-26)27-13-20(28-22)14-29-21-3-1-2-19(24)12-21;/h1-7,10-12,16,20H,8-9,13-15,24H2;1H/t20-,22+;/m1./s1. The Hall–Kier alpha value is -1.70. The molecule has 2 atom stereocenters. The first-order valence-corrected chi connectivity index (χ1v) is 11.0. The van der Waals surface area contributed by atoms with Crippen molar-refractivity contribution in [3.8, 4) is 0 Å². The molecule has 0 amide bonds. The van der Waals surface area contributed by atoms with Crippen LogP contribution in [0.15, 0.2) is 72.1 Å². The molecule has 2 N–H and O–H groups in total. The molecule has 160 valence electrons. The van der Waals surface area contributed by atoms with Crippen molar-refractivity contribution >= 4 is 41.5 Å². The molecule has 30 heavy (non-hydrogen) atoms. The molecule has 1 saturated heterocycles. The molecular formula is C22H25Cl2N3O2S. The first-order valence-electron chi connectivity index (χ1n) is 9.61. The smallest absolute Gasteiger partial charge is 0.187 e. The van der Waals surface area contributed by atoms with E-state index in [1.165, 1.54) is 5.56 Å². The molecule has 0 bridgehead atoms. The number of nitrogens with zero attached hydrogens (tertiary/aromatic N) is 2. The van der Waals surface area contributed by atoms with Crippen LogP contribution in [0.25, 0.3) is 0 Å². The van der Waals surface area contributed by atoms with E-state index in [0.717, 1.165) is 34.2 Å². The van der Waals surface area contributed by atoms with Gasteiger partial charge in [0.2, 0.25) is 0 Å². The number of aromatic nitrogens is 2. The van der Waals surface area contributed by atoms with Gasteiger partial charge < -0.3 is 19.8 Å². The van der Waals surface area contributed by atoms with Gasteiger partial charge in [-0.1, -0.05) is 29.8 Å². The molecule has 0 radical (unpaired) electrons. The van der Waals surface area contributed by atoms with Crippen molar-refractivity contribution in [1.82, 2.24) is 9.55 Å². The number of thioether (sulfide) groups is 1. The van der Waals surface area contributed by atoms with E-state index in [9.17, 15) is 0 Å². The van der Waals surface area contributed by atoms with Gasteiger partial charge in [-0.05, 0) is 42.3 Å². The number of anilines is 1. The fourth-order valence-corrected chi connectivity index (χ4v) is 4.49. The second kappa shape index (κ2) is 10.6. The summed E-state index contributed by atoms with van der Waals surface area (Å²) < 4.78 is 14.7. The molecule has 3 aromatic rings. The minimum atomic E-state index is -0.665. The van der Waals surface area contributed by atoms with Crippen molar-refractivity contribution in [3.05, 3.63) is 77.8 Å². The van der Waals surface area contributed by atoms with Crippen molar-refractivity contribution < 1.29 is 9.47 Å². The Labute approximate surface area is 192 Å². The number of nitrogen functional groups attached to an aromatic ring is 1. The lowest BCUT2D eigenvalue weighted by molar-refractivity contribution is -0.180. The van der Waals surface area contributed by atoms with Crippen LogP contribution in [0.4, 0.5) is 5.69 Å². The SMILES string of the molecule is Cl.Nc1cccc(SC[C@H]2CO[C@](CCc3ccc(Cl)cc3)(Cn3ccnc3)O2)c1. The number of halogens is 2. The Kier molecular flexibility index (Phi) is 8.08. The summed E-state index contributed by atoms with van der Waals surface area (Å²) in [6, 6.07) is 15.9. The van der Waals surface area contributed by atoms with Gasteiger partial charge in [-0.25, -0.2) is 4.98 Å². The van der Waals surface area contributed by atoms with Gasteiger partial charge in [-0.2, -0.15) is 0 Å². The molecule has 2 aromatic carbocycles. The van der Waals surface area contributed by atoms with E-state index in [2.05, 4.69) is 23.2 Å². The van der Waals surface area contributed by atoms with E-state index in [1.807, 2.05) is 41.1 Å². The zero-order valence-electron chi connectivity index (χ0n) is 16.4. The third kappa shape index (κ3) is 6.15. The van der Waals surface area contributed by atoms with Crippen LogP contribution in [0.1, 0.15) is 12.0 Å². The number of benzene rings is 2. The number of hydrogen-bond acceptors (Lipinski definition) is 5. The highest BCUT2D eigenvalue weighted by atomic mass is 35.5. The molecule has 4 rings (SSSR count). The van der Waals surface area contributed by atoms with Gasteiger partial charge in [-0.15, -0.1) is 24.2 Å². The lowest BCUT2D eigenvalue weighted by Gasteiger charge is -2.28. The van der Waals surface area contributed by atoms with E-state index in [-0.39, 0.29) is 18.5 Å². The Bertz CT molecular complexity index is 924. The minimum absolute atomic E-state index is 0. The number of ether oxygens (including phenoxy) is 2. The molecular weight excluding hydrogens is 441 g/mol. The summed E-state index contributed by atoms with van der Waals surface area (Å²) in [6.45, 7) is 1.19. The molecule has 5 nitrogen and oxygen atoms in total. The number of aryl methyl sites for hydroxylation is 1. The topological polar surface area (TPSA) is 62.3 Å². The van der Waals surface area contributed by atoms with Crippen molar-refractivity contribution in [1.29, 1.82) is 0 Å². The quantitative estimate of drug-likeness (QED) is 0.371. The van der Waals surface area contributed by atoms with Gasteiger partial charge in [0, 0.05) is 40.2 Å². The van der Waals surface area contributed by atoms with Gasteiger partial charge >= 0.3 is 0 Å². The average molecular weight is 466 g/mol. The largest absolute Gasteiger partial charge is 0.399 e. The highest BCUT2D eigenvalue weighted by molar-refractivity contribution is 7.99. The minimum Gasteiger partial charge on any atom is -0.399 e. The maximum atomic E-state index is 6.47. The fourth-order valence-electron chi connectivity index (χ4n) is 3.43. The lowest BCUT2D eigenvalue weighted by atomic mass is 10.0. The van der Waals surface area contributed by atoms with Gasteiger partial charge in [0.05, 0.1) is 25.6 Å². The van der Waals surface area contributed by atoms with Crippen LogP contribution < -0.4 is 5.73 Å². The van der Waals surface area contributed by atoms with Gasteiger partial charge in [0.15, 0.2) is 5.79 Å². The maximum absolute atomic E-state index is 6.47. The molecule has 1 aliphatic heterocycles. The summed E-state index contributed by atoms with van der Waals surface area (Å²) >= 11 is 7.74. The Balaban J connectivity index is 0.00000256. The predicted octanol–water partition coefficient (Wildman–Crippen LogP) is 5.08. The zero-order chi connectivity index (χ0) is 20.1. The third-order valence-electron chi connectivity index (χ3n) is 4.90. The fraction of sp³-hybridized carbons (Fsp3) is 0.318. The predicted molar refractivity (Wildman–Crippen MR) is 124 cm³/mol. The van der Waals surface area contributed by atoms with Crippen molar-refractivity contribution in [2.24, 2.45) is 0 Å². The molecule has 0 spiro atoms. The monoisotopic (exact) mass is 465 g/mol. The maximum Gasteiger partial charge on any atom is 0.187 e. The molecule has 0 unspecified atom stereocenters. The van der Waals surface area contributed by atoms with E-state index in [4.69, 9.17) is 26.8 Å². The van der Waals surface area contributed by atoms with Crippen LogP contribution >= 0.6 is 35.8 Å². The van der Waals surface area contributed by atoms with E-state index in [1.54, 1.807) is 24.3 Å². The second-order valence-electron chi connectivity index (χ2n) is 7.21. The summed E-state index contributed by atoms with van der Waals surface area (Å²) in [5, 5.41) is 0.744.